The molecule has 2 aromatic carbocycles. The van der Waals surface area contributed by atoms with Crippen LogP contribution in [0.2, 0.25) is 0 Å². The number of nitrogens with zero attached hydrogens (tertiary/aromatic N) is 1. The van der Waals surface area contributed by atoms with Gasteiger partial charge in [-0.05, 0) is 41.8 Å². The van der Waals surface area contributed by atoms with Crippen LogP contribution in [-0.4, -0.2) is 55.4 Å². The summed E-state index contributed by atoms with van der Waals surface area (Å²) in [6, 6.07) is 13.5. The van der Waals surface area contributed by atoms with E-state index < -0.39 is 17.4 Å². The number of carbonyl (C=O) groups excluding carboxylic acids is 2. The van der Waals surface area contributed by atoms with Gasteiger partial charge in [0.05, 0.1) is 31.6 Å². The summed E-state index contributed by atoms with van der Waals surface area (Å²) in [4.78, 5) is 28.4. The average Bonchev–Trinajstić information content (AvgIpc) is 3.61. The second kappa shape index (κ2) is 8.06. The van der Waals surface area contributed by atoms with Crippen LogP contribution in [0.4, 0.5) is 0 Å². The first-order chi connectivity index (χ1) is 16.6. The Morgan fingerprint density at radius 1 is 1.15 bits per heavy atom. The highest BCUT2D eigenvalue weighted by atomic mass is 16.7. The van der Waals surface area contributed by atoms with E-state index in [0.29, 0.717) is 37.6 Å². The van der Waals surface area contributed by atoms with Crippen molar-refractivity contribution in [2.45, 2.75) is 24.7 Å². The van der Waals surface area contributed by atoms with Crippen molar-refractivity contribution < 1.29 is 28.5 Å². The summed E-state index contributed by atoms with van der Waals surface area (Å²) in [6.07, 6.45) is 4.24. The number of hydrogen-bond acceptors (Lipinski definition) is 6. The van der Waals surface area contributed by atoms with Gasteiger partial charge in [-0.25, -0.2) is 0 Å². The lowest BCUT2D eigenvalue weighted by molar-refractivity contribution is -0.137. The first-order valence-electron chi connectivity index (χ1n) is 11.5. The van der Waals surface area contributed by atoms with Crippen LogP contribution in [0.1, 0.15) is 11.1 Å². The van der Waals surface area contributed by atoms with E-state index in [0.717, 1.165) is 16.9 Å². The molecule has 0 aromatic heterocycles. The van der Waals surface area contributed by atoms with E-state index in [1.54, 1.807) is 12.0 Å². The van der Waals surface area contributed by atoms with Crippen LogP contribution in [0.3, 0.4) is 0 Å². The monoisotopic (exact) mass is 462 g/mol. The predicted octanol–water partition coefficient (Wildman–Crippen LogP) is 2.06. The zero-order chi connectivity index (χ0) is 23.3. The Labute approximate surface area is 197 Å². The summed E-state index contributed by atoms with van der Waals surface area (Å²) < 4.78 is 22.2. The molecular formula is C26H26N2O6. The molecule has 4 heterocycles. The summed E-state index contributed by atoms with van der Waals surface area (Å²) in [5.41, 5.74) is 1.33. The molecule has 34 heavy (non-hydrogen) atoms. The molecule has 2 amide bonds. The Morgan fingerprint density at radius 3 is 2.76 bits per heavy atom. The van der Waals surface area contributed by atoms with E-state index in [4.69, 9.17) is 18.9 Å². The normalized spacial score (nSPS) is 27.9. The fourth-order valence-electron chi connectivity index (χ4n) is 5.51. The molecule has 0 saturated carbocycles. The van der Waals surface area contributed by atoms with Crippen molar-refractivity contribution in [3.05, 3.63) is 65.7 Å². The lowest BCUT2D eigenvalue weighted by Gasteiger charge is -2.23. The Morgan fingerprint density at radius 2 is 1.94 bits per heavy atom. The predicted molar refractivity (Wildman–Crippen MR) is 121 cm³/mol. The fourth-order valence-corrected chi connectivity index (χ4v) is 5.51. The summed E-state index contributed by atoms with van der Waals surface area (Å²) in [6.45, 7) is 1.57. The lowest BCUT2D eigenvalue weighted by Crippen LogP contribution is -2.44. The third-order valence-corrected chi connectivity index (χ3v) is 7.16. The minimum atomic E-state index is -0.726. The van der Waals surface area contributed by atoms with Gasteiger partial charge in [0.15, 0.2) is 11.5 Å². The topological polar surface area (TPSA) is 86.3 Å². The van der Waals surface area contributed by atoms with Crippen LogP contribution in [-0.2, 0) is 27.3 Å². The maximum absolute atomic E-state index is 13.4. The zero-order valence-corrected chi connectivity index (χ0v) is 18.9. The fraction of sp³-hybridized carbons (Fsp3) is 0.385. The molecule has 1 N–H and O–H groups in total. The summed E-state index contributed by atoms with van der Waals surface area (Å²) >= 11 is 0. The molecule has 6 rings (SSSR count). The number of likely N-dealkylation sites (tertiary alicyclic amines) is 1. The maximum atomic E-state index is 13.4. The molecule has 2 fully saturated rings. The van der Waals surface area contributed by atoms with Crippen LogP contribution >= 0.6 is 0 Å². The van der Waals surface area contributed by atoms with Gasteiger partial charge in [0.1, 0.15) is 11.4 Å². The van der Waals surface area contributed by atoms with Gasteiger partial charge < -0.3 is 29.2 Å². The molecule has 4 atom stereocenters. The molecule has 4 aliphatic heterocycles. The summed E-state index contributed by atoms with van der Waals surface area (Å²) in [5, 5.41) is 3.02. The molecule has 0 radical (unpaired) electrons. The maximum Gasteiger partial charge on any atom is 0.231 e. The zero-order valence-electron chi connectivity index (χ0n) is 18.9. The van der Waals surface area contributed by atoms with Crippen molar-refractivity contribution in [3.8, 4) is 17.2 Å². The van der Waals surface area contributed by atoms with Crippen LogP contribution in [0.5, 0.6) is 17.2 Å². The van der Waals surface area contributed by atoms with E-state index in [1.165, 1.54) is 0 Å². The standard InChI is InChI=1S/C26H26N2O6/c1-31-18-5-2-16(3-6-18)9-11-27-24(29)22-20-8-10-26(34-20)14-28(25(30)23(22)26)13-17-4-7-19-21(12-17)33-15-32-19/h2-8,10,12,20,22-23H,9,11,13-15H2,1H3,(H,27,29)/t20-,22+,23-,26-/m0/s1. The van der Waals surface area contributed by atoms with Crippen molar-refractivity contribution in [2.75, 3.05) is 27.0 Å². The summed E-state index contributed by atoms with van der Waals surface area (Å²) in [7, 11) is 1.63. The lowest BCUT2D eigenvalue weighted by atomic mass is 9.77. The van der Waals surface area contributed by atoms with Gasteiger partial charge in [0.2, 0.25) is 18.6 Å². The Kier molecular flexibility index (Phi) is 4.99. The number of hydrogen-bond donors (Lipinski definition) is 1. The van der Waals surface area contributed by atoms with Gasteiger partial charge in [0.25, 0.3) is 0 Å². The van der Waals surface area contributed by atoms with Crippen molar-refractivity contribution in [1.82, 2.24) is 10.2 Å². The Hall–Kier alpha value is -3.52. The smallest absolute Gasteiger partial charge is 0.231 e. The van der Waals surface area contributed by atoms with E-state index in [9.17, 15) is 9.59 Å². The molecule has 0 unspecified atom stereocenters. The largest absolute Gasteiger partial charge is 0.497 e. The number of benzene rings is 2. The van der Waals surface area contributed by atoms with Gasteiger partial charge >= 0.3 is 0 Å². The minimum Gasteiger partial charge on any atom is -0.497 e. The SMILES string of the molecule is COc1ccc(CCNC(=O)[C@@H]2[C@@H]3C=C[C@@]4(CN(Cc5ccc6c(c5)OCO6)C(=O)[C@H]24)O3)cc1. The Balaban J connectivity index is 1.12. The van der Waals surface area contributed by atoms with Crippen molar-refractivity contribution >= 4 is 11.8 Å². The number of amides is 2. The van der Waals surface area contributed by atoms with Crippen LogP contribution in [0.15, 0.2) is 54.6 Å². The average molecular weight is 463 g/mol. The number of fused-ring (bicyclic) bond motifs is 2. The van der Waals surface area contributed by atoms with Crippen molar-refractivity contribution in [1.29, 1.82) is 0 Å². The van der Waals surface area contributed by atoms with Crippen LogP contribution in [0.25, 0.3) is 0 Å². The van der Waals surface area contributed by atoms with Gasteiger partial charge in [-0.2, -0.15) is 0 Å². The van der Waals surface area contributed by atoms with Crippen LogP contribution in [0, 0.1) is 11.8 Å². The van der Waals surface area contributed by atoms with E-state index >= 15 is 0 Å². The molecule has 1 spiro atoms. The van der Waals surface area contributed by atoms with E-state index in [-0.39, 0.29) is 24.7 Å². The third-order valence-electron chi connectivity index (χ3n) is 7.16. The second-order valence-electron chi connectivity index (χ2n) is 9.17. The first-order valence-corrected chi connectivity index (χ1v) is 11.5. The van der Waals surface area contributed by atoms with E-state index in [1.807, 2.05) is 54.6 Å². The number of methoxy groups -OCH3 is 1. The van der Waals surface area contributed by atoms with Gasteiger partial charge in [-0.3, -0.25) is 9.59 Å². The quantitative estimate of drug-likeness (QED) is 0.634. The molecule has 8 heteroatoms. The first kappa shape index (κ1) is 21.0. The molecule has 2 aromatic rings. The minimum absolute atomic E-state index is 0.0418. The second-order valence-corrected chi connectivity index (χ2v) is 9.17. The highest BCUT2D eigenvalue weighted by Crippen LogP contribution is 2.52. The molecule has 2 saturated heterocycles. The number of nitrogens with one attached hydrogen (secondary N) is 1. The van der Waals surface area contributed by atoms with Gasteiger partial charge in [0, 0.05) is 13.1 Å². The van der Waals surface area contributed by atoms with Crippen LogP contribution < -0.4 is 19.5 Å². The third kappa shape index (κ3) is 3.40. The number of carbonyl (C=O) groups is 2. The molecule has 0 aliphatic carbocycles. The van der Waals surface area contributed by atoms with E-state index in [2.05, 4.69) is 5.32 Å². The summed E-state index contributed by atoms with van der Waals surface area (Å²) in [5.74, 6) is 1.01. The molecule has 8 nitrogen and oxygen atoms in total. The van der Waals surface area contributed by atoms with Gasteiger partial charge in [-0.1, -0.05) is 30.4 Å². The Bertz CT molecular complexity index is 1160. The molecular weight excluding hydrogens is 436 g/mol. The molecule has 4 aliphatic rings. The van der Waals surface area contributed by atoms with Crippen molar-refractivity contribution in [2.24, 2.45) is 11.8 Å². The molecule has 2 bridgehead atoms. The number of ether oxygens (including phenoxy) is 4. The number of rotatable bonds is 7. The van der Waals surface area contributed by atoms with Crippen molar-refractivity contribution in [3.63, 3.8) is 0 Å². The van der Waals surface area contributed by atoms with Gasteiger partial charge in [-0.15, -0.1) is 0 Å². The highest BCUT2D eigenvalue weighted by Gasteiger charge is 2.66. The molecule has 176 valence electrons. The highest BCUT2D eigenvalue weighted by molar-refractivity contribution is 5.93.